The largest absolute Gasteiger partial charge is 0.453 e. The first kappa shape index (κ1) is 8.95. The molecule has 15 heavy (non-hydrogen) atoms. The van der Waals surface area contributed by atoms with Crippen LogP contribution < -0.4 is 0 Å². The minimum atomic E-state index is 0.208. The zero-order valence-electron chi connectivity index (χ0n) is 7.37. The summed E-state index contributed by atoms with van der Waals surface area (Å²) in [5.41, 5.74) is 2.01. The van der Waals surface area contributed by atoms with Crippen LogP contribution >= 0.6 is 23.2 Å². The molecule has 0 amide bonds. The average Bonchev–Trinajstić information content (AvgIpc) is 2.54. The number of halogens is 2. The molecule has 0 radical (unpaired) electrons. The second-order valence-electron chi connectivity index (χ2n) is 3.09. The molecule has 0 saturated carbocycles. The molecule has 0 bridgehead atoms. The molecule has 3 rings (SSSR count). The lowest BCUT2D eigenvalue weighted by molar-refractivity contribution is 0.665. The number of nitrogens with zero attached hydrogens (tertiary/aromatic N) is 2. The van der Waals surface area contributed by atoms with Gasteiger partial charge in [-0.15, -0.1) is 0 Å². The molecule has 2 aromatic heterocycles. The molecule has 3 nitrogen and oxygen atoms in total. The van der Waals surface area contributed by atoms with Gasteiger partial charge in [0.1, 0.15) is 11.1 Å². The summed E-state index contributed by atoms with van der Waals surface area (Å²) < 4.78 is 5.52. The number of aromatic nitrogens is 2. The minimum Gasteiger partial charge on any atom is -0.453 e. The topological polar surface area (TPSA) is 38.9 Å². The molecular formula is C10H4Cl2N2O. The van der Waals surface area contributed by atoms with Gasteiger partial charge in [0.15, 0.2) is 5.58 Å². The van der Waals surface area contributed by atoms with Crippen molar-refractivity contribution in [3.63, 3.8) is 0 Å². The average molecular weight is 239 g/mol. The maximum absolute atomic E-state index is 5.86. The second kappa shape index (κ2) is 3.08. The second-order valence-corrected chi connectivity index (χ2v) is 3.87. The fourth-order valence-corrected chi connectivity index (χ4v) is 1.81. The van der Waals surface area contributed by atoms with Crippen molar-refractivity contribution < 1.29 is 4.42 Å². The van der Waals surface area contributed by atoms with E-state index in [1.54, 1.807) is 18.3 Å². The van der Waals surface area contributed by atoms with Gasteiger partial charge in [-0.2, -0.15) is 0 Å². The van der Waals surface area contributed by atoms with Crippen LogP contribution in [-0.4, -0.2) is 9.97 Å². The molecule has 1 aromatic carbocycles. The zero-order chi connectivity index (χ0) is 10.4. The Morgan fingerprint density at radius 1 is 1.13 bits per heavy atom. The summed E-state index contributed by atoms with van der Waals surface area (Å²) in [7, 11) is 0. The number of rotatable bonds is 0. The van der Waals surface area contributed by atoms with Crippen molar-refractivity contribution in [3.05, 3.63) is 34.7 Å². The van der Waals surface area contributed by atoms with E-state index >= 15 is 0 Å². The van der Waals surface area contributed by atoms with Gasteiger partial charge in [0, 0.05) is 16.5 Å². The van der Waals surface area contributed by atoms with Gasteiger partial charge in [0.2, 0.25) is 5.28 Å². The predicted octanol–water partition coefficient (Wildman–Crippen LogP) is 3.68. The normalized spacial score (nSPS) is 11.3. The third kappa shape index (κ3) is 1.35. The Balaban J connectivity index is 2.53. The van der Waals surface area contributed by atoms with Crippen molar-refractivity contribution in [1.29, 1.82) is 0 Å². The molecule has 0 aliphatic heterocycles. The summed E-state index contributed by atoms with van der Waals surface area (Å²) in [4.78, 5) is 7.96. The maximum atomic E-state index is 5.86. The molecule has 0 unspecified atom stereocenters. The molecule has 3 aromatic rings. The Morgan fingerprint density at radius 3 is 2.87 bits per heavy atom. The van der Waals surface area contributed by atoms with Gasteiger partial charge in [0.05, 0.1) is 6.20 Å². The summed E-state index contributed by atoms with van der Waals surface area (Å²) in [5, 5.41) is 1.72. The van der Waals surface area contributed by atoms with E-state index in [1.165, 1.54) is 0 Å². The molecule has 0 spiro atoms. The molecule has 74 valence electrons. The van der Waals surface area contributed by atoms with Crippen LogP contribution in [0.1, 0.15) is 0 Å². The molecule has 0 saturated heterocycles. The highest BCUT2D eigenvalue weighted by molar-refractivity contribution is 6.31. The Morgan fingerprint density at radius 2 is 2.00 bits per heavy atom. The zero-order valence-corrected chi connectivity index (χ0v) is 8.88. The lowest BCUT2D eigenvalue weighted by Crippen LogP contribution is -1.79. The smallest absolute Gasteiger partial charge is 0.223 e. The van der Waals surface area contributed by atoms with E-state index in [4.69, 9.17) is 27.6 Å². The van der Waals surface area contributed by atoms with Gasteiger partial charge in [-0.05, 0) is 23.7 Å². The number of fused-ring (bicyclic) bond motifs is 3. The number of hydrogen-bond acceptors (Lipinski definition) is 3. The minimum absolute atomic E-state index is 0.208. The summed E-state index contributed by atoms with van der Waals surface area (Å²) in [5.74, 6) is 0. The Labute approximate surface area is 94.6 Å². The lowest BCUT2D eigenvalue weighted by atomic mass is 10.2. The fraction of sp³-hybridized carbons (Fsp3) is 0. The lowest BCUT2D eigenvalue weighted by Gasteiger charge is -1.89. The van der Waals surface area contributed by atoms with Gasteiger partial charge in [-0.3, -0.25) is 0 Å². The van der Waals surface area contributed by atoms with Crippen molar-refractivity contribution in [3.8, 4) is 0 Å². The third-order valence-electron chi connectivity index (χ3n) is 2.14. The molecule has 5 heteroatoms. The summed E-state index contributed by atoms with van der Waals surface area (Å²) >= 11 is 11.6. The maximum Gasteiger partial charge on any atom is 0.223 e. The Bertz CT molecular complexity index is 663. The van der Waals surface area contributed by atoms with Crippen LogP contribution in [0.5, 0.6) is 0 Å². The number of benzene rings is 1. The summed E-state index contributed by atoms with van der Waals surface area (Å²) in [6, 6.07) is 5.38. The van der Waals surface area contributed by atoms with E-state index in [9.17, 15) is 0 Å². The quantitative estimate of drug-likeness (QED) is 0.561. The van der Waals surface area contributed by atoms with Crippen LogP contribution in [0.15, 0.2) is 28.8 Å². The van der Waals surface area contributed by atoms with Crippen molar-refractivity contribution >= 4 is 45.3 Å². The summed E-state index contributed by atoms with van der Waals surface area (Å²) in [6.45, 7) is 0. The van der Waals surface area contributed by atoms with Gasteiger partial charge >= 0.3 is 0 Å². The first-order valence-electron chi connectivity index (χ1n) is 4.24. The van der Waals surface area contributed by atoms with Crippen LogP contribution in [0.3, 0.4) is 0 Å². The molecule has 0 fully saturated rings. The van der Waals surface area contributed by atoms with Gasteiger partial charge in [-0.1, -0.05) is 11.6 Å². The van der Waals surface area contributed by atoms with E-state index in [0.29, 0.717) is 21.7 Å². The highest BCUT2D eigenvalue weighted by Crippen LogP contribution is 2.29. The SMILES string of the molecule is Clc1ccc2c(c1)oc1cnc(Cl)nc12. The summed E-state index contributed by atoms with van der Waals surface area (Å²) in [6.07, 6.45) is 1.55. The van der Waals surface area contributed by atoms with Crippen LogP contribution in [0, 0.1) is 0 Å². The molecule has 2 heterocycles. The van der Waals surface area contributed by atoms with Crippen LogP contribution in [-0.2, 0) is 0 Å². The molecule has 0 aliphatic rings. The van der Waals surface area contributed by atoms with E-state index < -0.39 is 0 Å². The number of hydrogen-bond donors (Lipinski definition) is 0. The highest BCUT2D eigenvalue weighted by Gasteiger charge is 2.09. The third-order valence-corrected chi connectivity index (χ3v) is 2.56. The van der Waals surface area contributed by atoms with Crippen LogP contribution in [0.4, 0.5) is 0 Å². The monoisotopic (exact) mass is 238 g/mol. The van der Waals surface area contributed by atoms with Crippen molar-refractivity contribution in [2.24, 2.45) is 0 Å². The Hall–Kier alpha value is -1.32. The van der Waals surface area contributed by atoms with E-state index in [2.05, 4.69) is 9.97 Å². The van der Waals surface area contributed by atoms with E-state index in [-0.39, 0.29) is 5.28 Å². The first-order valence-corrected chi connectivity index (χ1v) is 5.00. The van der Waals surface area contributed by atoms with Crippen LogP contribution in [0.25, 0.3) is 22.1 Å². The Kier molecular flexibility index (Phi) is 1.84. The predicted molar refractivity (Wildman–Crippen MR) is 59.3 cm³/mol. The van der Waals surface area contributed by atoms with E-state index in [0.717, 1.165) is 5.39 Å². The first-order chi connectivity index (χ1) is 7.24. The number of furan rings is 1. The van der Waals surface area contributed by atoms with Crippen molar-refractivity contribution in [2.45, 2.75) is 0 Å². The van der Waals surface area contributed by atoms with Gasteiger partial charge < -0.3 is 4.42 Å². The fourth-order valence-electron chi connectivity index (χ4n) is 1.51. The molecular weight excluding hydrogens is 235 g/mol. The van der Waals surface area contributed by atoms with Crippen LogP contribution in [0.2, 0.25) is 10.3 Å². The highest BCUT2D eigenvalue weighted by atomic mass is 35.5. The van der Waals surface area contributed by atoms with Crippen molar-refractivity contribution in [1.82, 2.24) is 9.97 Å². The van der Waals surface area contributed by atoms with Gasteiger partial charge in [0.25, 0.3) is 0 Å². The molecule has 0 N–H and O–H groups in total. The van der Waals surface area contributed by atoms with Gasteiger partial charge in [-0.25, -0.2) is 9.97 Å². The standard InChI is InChI=1S/C10H4Cl2N2O/c11-5-1-2-6-7(3-5)15-8-4-13-10(12)14-9(6)8/h1-4H. The molecule has 0 aliphatic carbocycles. The van der Waals surface area contributed by atoms with Crippen molar-refractivity contribution in [2.75, 3.05) is 0 Å². The van der Waals surface area contributed by atoms with E-state index in [1.807, 2.05) is 6.07 Å². The molecule has 0 atom stereocenters.